The Labute approximate surface area is 151 Å². The van der Waals surface area contributed by atoms with Crippen molar-refractivity contribution in [3.05, 3.63) is 47.2 Å². The molecule has 0 unspecified atom stereocenters. The molecule has 2 aromatic rings. The number of alkyl halides is 3. The summed E-state index contributed by atoms with van der Waals surface area (Å²) in [6, 6.07) is 5.66. The number of aromatic nitrogens is 2. The van der Waals surface area contributed by atoms with E-state index in [4.69, 9.17) is 21.1 Å². The molecule has 8 heteroatoms. The second-order valence-corrected chi connectivity index (χ2v) is 4.47. The van der Waals surface area contributed by atoms with E-state index in [2.05, 4.69) is 9.97 Å². The van der Waals surface area contributed by atoms with Crippen molar-refractivity contribution in [2.24, 2.45) is 0 Å². The summed E-state index contributed by atoms with van der Waals surface area (Å²) in [5.41, 5.74) is -0.836. The highest BCUT2D eigenvalue weighted by Gasteiger charge is 2.34. The molecule has 0 amide bonds. The second kappa shape index (κ2) is 12.4. The van der Waals surface area contributed by atoms with E-state index in [0.29, 0.717) is 17.5 Å². The van der Waals surface area contributed by atoms with Gasteiger partial charge in [-0.05, 0) is 32.0 Å². The average Bonchev–Trinajstić information content (AvgIpc) is 2.59. The van der Waals surface area contributed by atoms with E-state index in [1.165, 1.54) is 12.3 Å². The molecule has 0 radical (unpaired) electrons. The summed E-state index contributed by atoms with van der Waals surface area (Å²) in [7, 11) is 0. The minimum atomic E-state index is -4.40. The van der Waals surface area contributed by atoms with Gasteiger partial charge in [-0.2, -0.15) is 13.2 Å². The molecule has 0 spiro atoms. The van der Waals surface area contributed by atoms with Crippen molar-refractivity contribution in [3.8, 4) is 11.8 Å². The molecular formula is C17H22ClF3N2O2. The van der Waals surface area contributed by atoms with E-state index in [9.17, 15) is 13.2 Å². The third kappa shape index (κ3) is 9.14. The fraction of sp³-hybridized carbons (Fsp3) is 0.412. The maximum Gasteiger partial charge on any atom is 0.421 e. The van der Waals surface area contributed by atoms with E-state index < -0.39 is 11.7 Å². The predicted octanol–water partition coefficient (Wildman–Crippen LogP) is 5.66. The summed E-state index contributed by atoms with van der Waals surface area (Å²) in [4.78, 5) is 7.41. The smallest absolute Gasteiger partial charge is 0.421 e. The highest BCUT2D eigenvalue weighted by molar-refractivity contribution is 6.30. The molecule has 140 valence electrons. The van der Waals surface area contributed by atoms with E-state index in [-0.39, 0.29) is 12.5 Å². The second-order valence-electron chi connectivity index (χ2n) is 4.03. The largest absolute Gasteiger partial charge is 0.478 e. The molecule has 0 atom stereocenters. The lowest BCUT2D eigenvalue weighted by molar-refractivity contribution is -0.139. The monoisotopic (exact) mass is 378 g/mol. The van der Waals surface area contributed by atoms with Crippen LogP contribution in [0.3, 0.4) is 0 Å². The van der Waals surface area contributed by atoms with Crippen LogP contribution in [0.1, 0.15) is 33.3 Å². The van der Waals surface area contributed by atoms with Gasteiger partial charge in [-0.15, -0.1) is 0 Å². The number of ether oxygens (including phenoxy) is 2. The Bertz CT molecular complexity index is 593. The molecule has 2 rings (SSSR count). The van der Waals surface area contributed by atoms with Gasteiger partial charge < -0.3 is 9.47 Å². The minimum absolute atomic E-state index is 0.167. The fourth-order valence-electron chi connectivity index (χ4n) is 1.45. The Morgan fingerprint density at radius 1 is 1.00 bits per heavy atom. The Morgan fingerprint density at radius 3 is 2.12 bits per heavy atom. The molecule has 2 aromatic heterocycles. The van der Waals surface area contributed by atoms with Crippen molar-refractivity contribution >= 4 is 11.6 Å². The topological polar surface area (TPSA) is 44.2 Å². The number of rotatable bonds is 4. The van der Waals surface area contributed by atoms with Crippen LogP contribution in [0.2, 0.25) is 5.02 Å². The van der Waals surface area contributed by atoms with Crippen LogP contribution < -0.4 is 9.47 Å². The maximum absolute atomic E-state index is 12.3. The molecule has 0 aliphatic carbocycles. The standard InChI is InChI=1S/C8H8F3NO.C7H8ClNO.C2H6/c1-2-13-7-6(8(9,10)11)4-3-5-12-7;1-2-10-7-4-3-6(8)5-9-7;1-2/h3-5H,2H2,1H3;3-5H,2H2,1H3;1-2H3. The molecule has 0 aromatic carbocycles. The quantitative estimate of drug-likeness (QED) is 0.688. The van der Waals surface area contributed by atoms with E-state index in [0.717, 1.165) is 6.07 Å². The third-order valence-electron chi connectivity index (χ3n) is 2.35. The molecule has 0 bridgehead atoms. The van der Waals surface area contributed by atoms with Crippen molar-refractivity contribution in [2.45, 2.75) is 33.9 Å². The van der Waals surface area contributed by atoms with Gasteiger partial charge in [0, 0.05) is 18.5 Å². The summed E-state index contributed by atoms with van der Waals surface area (Å²) in [5.74, 6) is 0.254. The first-order chi connectivity index (χ1) is 11.9. The summed E-state index contributed by atoms with van der Waals surface area (Å²) in [6.45, 7) is 8.32. The van der Waals surface area contributed by atoms with Crippen molar-refractivity contribution in [1.82, 2.24) is 9.97 Å². The number of nitrogens with zero attached hydrogens (tertiary/aromatic N) is 2. The minimum Gasteiger partial charge on any atom is -0.478 e. The van der Waals surface area contributed by atoms with Gasteiger partial charge in [0.05, 0.1) is 18.2 Å². The first-order valence-electron chi connectivity index (χ1n) is 7.77. The van der Waals surface area contributed by atoms with Crippen molar-refractivity contribution in [2.75, 3.05) is 13.2 Å². The molecule has 0 N–H and O–H groups in total. The third-order valence-corrected chi connectivity index (χ3v) is 2.57. The van der Waals surface area contributed by atoms with Gasteiger partial charge in [0.15, 0.2) is 0 Å². The van der Waals surface area contributed by atoms with Crippen LogP contribution in [-0.2, 0) is 6.18 Å². The van der Waals surface area contributed by atoms with Crippen molar-refractivity contribution in [3.63, 3.8) is 0 Å². The molecule has 2 heterocycles. The van der Waals surface area contributed by atoms with Gasteiger partial charge in [-0.1, -0.05) is 25.4 Å². The lowest BCUT2D eigenvalue weighted by atomic mass is 10.2. The first-order valence-corrected chi connectivity index (χ1v) is 8.15. The predicted molar refractivity (Wildman–Crippen MR) is 92.2 cm³/mol. The Hall–Kier alpha value is -2.02. The fourth-order valence-corrected chi connectivity index (χ4v) is 1.57. The normalized spacial score (nSPS) is 9.92. The zero-order valence-corrected chi connectivity index (χ0v) is 15.4. The lowest BCUT2D eigenvalue weighted by Gasteiger charge is -2.10. The van der Waals surface area contributed by atoms with Crippen molar-refractivity contribution in [1.29, 1.82) is 0 Å². The molecule has 0 aliphatic heterocycles. The van der Waals surface area contributed by atoms with Crippen LogP contribution in [0.5, 0.6) is 11.8 Å². The van der Waals surface area contributed by atoms with Crippen LogP contribution in [0.25, 0.3) is 0 Å². The summed E-state index contributed by atoms with van der Waals surface area (Å²) < 4.78 is 46.6. The maximum atomic E-state index is 12.3. The molecule has 0 saturated carbocycles. The van der Waals surface area contributed by atoms with Crippen LogP contribution in [0, 0.1) is 0 Å². The van der Waals surface area contributed by atoms with E-state index in [1.807, 2.05) is 20.8 Å². The van der Waals surface area contributed by atoms with Gasteiger partial charge >= 0.3 is 6.18 Å². The molecular weight excluding hydrogens is 357 g/mol. The molecule has 4 nitrogen and oxygen atoms in total. The summed E-state index contributed by atoms with van der Waals surface area (Å²) in [5, 5.41) is 0.628. The van der Waals surface area contributed by atoms with Crippen molar-refractivity contribution < 1.29 is 22.6 Å². The Balaban J connectivity index is 0.000000430. The van der Waals surface area contributed by atoms with Gasteiger partial charge in [0.25, 0.3) is 0 Å². The van der Waals surface area contributed by atoms with E-state index in [1.54, 1.807) is 25.3 Å². The van der Waals surface area contributed by atoms with Gasteiger partial charge in [0.1, 0.15) is 5.56 Å². The first kappa shape index (κ1) is 23.0. The molecule has 0 saturated heterocycles. The Kier molecular flexibility index (Phi) is 11.4. The molecule has 25 heavy (non-hydrogen) atoms. The average molecular weight is 379 g/mol. The number of pyridine rings is 2. The van der Waals surface area contributed by atoms with Crippen LogP contribution in [-0.4, -0.2) is 23.2 Å². The summed E-state index contributed by atoms with van der Waals surface area (Å²) in [6.07, 6.45) is -1.58. The van der Waals surface area contributed by atoms with Crippen LogP contribution in [0.15, 0.2) is 36.7 Å². The molecule has 0 fully saturated rings. The summed E-state index contributed by atoms with van der Waals surface area (Å²) >= 11 is 5.59. The Morgan fingerprint density at radius 2 is 1.64 bits per heavy atom. The van der Waals surface area contributed by atoms with Gasteiger partial charge in [0.2, 0.25) is 11.8 Å². The van der Waals surface area contributed by atoms with E-state index >= 15 is 0 Å². The highest BCUT2D eigenvalue weighted by Crippen LogP contribution is 2.34. The van der Waals surface area contributed by atoms with Crippen LogP contribution >= 0.6 is 11.6 Å². The zero-order valence-electron chi connectivity index (χ0n) is 14.6. The SMILES string of the molecule is CC.CCOc1ccc(Cl)cn1.CCOc1ncccc1C(F)(F)F. The van der Waals surface area contributed by atoms with Gasteiger partial charge in [-0.3, -0.25) is 0 Å². The number of hydrogen-bond acceptors (Lipinski definition) is 4. The molecule has 0 aliphatic rings. The zero-order chi connectivity index (χ0) is 19.3. The number of hydrogen-bond donors (Lipinski definition) is 0. The van der Waals surface area contributed by atoms with Crippen LogP contribution in [0.4, 0.5) is 13.2 Å². The highest BCUT2D eigenvalue weighted by atomic mass is 35.5. The number of halogens is 4. The lowest BCUT2D eigenvalue weighted by Crippen LogP contribution is -2.09. The van der Waals surface area contributed by atoms with Gasteiger partial charge in [-0.25, -0.2) is 9.97 Å².